The molecule has 0 amide bonds. The van der Waals surface area contributed by atoms with Crippen molar-refractivity contribution in [2.75, 3.05) is 30.4 Å². The van der Waals surface area contributed by atoms with Crippen molar-refractivity contribution in [2.24, 2.45) is 0 Å². The molecule has 0 aliphatic carbocycles. The van der Waals surface area contributed by atoms with Gasteiger partial charge in [-0.3, -0.25) is 0 Å². The lowest BCUT2D eigenvalue weighted by atomic mass is 10.2. The van der Waals surface area contributed by atoms with Crippen molar-refractivity contribution in [2.45, 2.75) is 33.2 Å². The highest BCUT2D eigenvalue weighted by molar-refractivity contribution is 5.57. The molecule has 1 saturated heterocycles. The number of aromatic nitrogens is 2. The lowest BCUT2D eigenvalue weighted by Gasteiger charge is -2.16. The predicted octanol–water partition coefficient (Wildman–Crippen LogP) is 1.73. The second-order valence-electron chi connectivity index (χ2n) is 4.33. The van der Waals surface area contributed by atoms with Gasteiger partial charge in [0.1, 0.15) is 17.5 Å². The van der Waals surface area contributed by atoms with E-state index in [0.29, 0.717) is 6.04 Å². The number of hydrogen-bond donors (Lipinski definition) is 2. The van der Waals surface area contributed by atoms with Gasteiger partial charge < -0.3 is 15.4 Å². The van der Waals surface area contributed by atoms with Crippen LogP contribution in [0.4, 0.5) is 11.6 Å². The molecule has 2 N–H and O–H groups in total. The number of anilines is 2. The molecular weight excluding hydrogens is 216 g/mol. The molecule has 1 atom stereocenters. The Morgan fingerprint density at radius 3 is 2.71 bits per heavy atom. The predicted molar refractivity (Wildman–Crippen MR) is 68.5 cm³/mol. The van der Waals surface area contributed by atoms with Crippen molar-refractivity contribution in [1.29, 1.82) is 0 Å². The number of ether oxygens (including phenoxy) is 1. The zero-order chi connectivity index (χ0) is 12.3. The average Bonchev–Trinajstić information content (AvgIpc) is 2.78. The molecule has 17 heavy (non-hydrogen) atoms. The van der Waals surface area contributed by atoms with Gasteiger partial charge in [-0.1, -0.05) is 0 Å². The van der Waals surface area contributed by atoms with E-state index in [-0.39, 0.29) is 0 Å². The summed E-state index contributed by atoms with van der Waals surface area (Å²) in [6, 6.07) is 0.373. The first-order valence-electron chi connectivity index (χ1n) is 6.14. The Balaban J connectivity index is 2.19. The molecule has 1 fully saturated rings. The van der Waals surface area contributed by atoms with E-state index in [2.05, 4.69) is 27.5 Å². The molecule has 1 aromatic heterocycles. The van der Waals surface area contributed by atoms with Gasteiger partial charge in [-0.05, 0) is 27.2 Å². The van der Waals surface area contributed by atoms with Crippen LogP contribution in [0.15, 0.2) is 0 Å². The third-order valence-electron chi connectivity index (χ3n) is 2.87. The second-order valence-corrected chi connectivity index (χ2v) is 4.33. The Hall–Kier alpha value is -1.36. The summed E-state index contributed by atoms with van der Waals surface area (Å²) in [6.07, 6.45) is 1.04. The van der Waals surface area contributed by atoms with E-state index in [0.717, 1.165) is 49.2 Å². The van der Waals surface area contributed by atoms with Gasteiger partial charge in [0.2, 0.25) is 0 Å². The summed E-state index contributed by atoms with van der Waals surface area (Å²) in [5, 5.41) is 6.69. The standard InChI is InChI=1S/C12H20N4O/c1-4-13-11-8(2)12(15-9(3)14-11)16-10-5-6-17-7-10/h10H,4-7H2,1-3H3,(H2,13,14,15,16). The molecule has 0 bridgehead atoms. The van der Waals surface area contributed by atoms with Crippen LogP contribution in [0.5, 0.6) is 0 Å². The van der Waals surface area contributed by atoms with Gasteiger partial charge in [0.15, 0.2) is 0 Å². The van der Waals surface area contributed by atoms with Gasteiger partial charge in [-0.15, -0.1) is 0 Å². The third-order valence-corrected chi connectivity index (χ3v) is 2.87. The molecule has 5 nitrogen and oxygen atoms in total. The van der Waals surface area contributed by atoms with Gasteiger partial charge in [-0.2, -0.15) is 0 Å². The molecule has 1 aromatic rings. The van der Waals surface area contributed by atoms with Crippen LogP contribution < -0.4 is 10.6 Å². The maximum absolute atomic E-state index is 5.36. The number of hydrogen-bond acceptors (Lipinski definition) is 5. The van der Waals surface area contributed by atoms with Crippen molar-refractivity contribution >= 4 is 11.6 Å². The molecule has 5 heteroatoms. The summed E-state index contributed by atoms with van der Waals surface area (Å²) in [7, 11) is 0. The molecule has 1 aliphatic heterocycles. The topological polar surface area (TPSA) is 59.1 Å². The van der Waals surface area contributed by atoms with Gasteiger partial charge in [0.25, 0.3) is 0 Å². The first kappa shape index (κ1) is 12.1. The fraction of sp³-hybridized carbons (Fsp3) is 0.667. The molecule has 0 saturated carbocycles. The van der Waals surface area contributed by atoms with Gasteiger partial charge in [0.05, 0.1) is 12.6 Å². The molecule has 1 unspecified atom stereocenters. The van der Waals surface area contributed by atoms with Crippen LogP contribution >= 0.6 is 0 Å². The largest absolute Gasteiger partial charge is 0.379 e. The van der Waals surface area contributed by atoms with Crippen LogP contribution in [0, 0.1) is 13.8 Å². The fourth-order valence-electron chi connectivity index (χ4n) is 1.95. The first-order valence-corrected chi connectivity index (χ1v) is 6.14. The minimum Gasteiger partial charge on any atom is -0.379 e. The van der Waals surface area contributed by atoms with E-state index >= 15 is 0 Å². The average molecular weight is 236 g/mol. The smallest absolute Gasteiger partial charge is 0.135 e. The van der Waals surface area contributed by atoms with Crippen LogP contribution in [-0.4, -0.2) is 35.8 Å². The molecule has 2 rings (SSSR count). The van der Waals surface area contributed by atoms with Crippen LogP contribution in [0.2, 0.25) is 0 Å². The van der Waals surface area contributed by atoms with E-state index in [1.807, 2.05) is 13.8 Å². The van der Waals surface area contributed by atoms with Gasteiger partial charge in [-0.25, -0.2) is 9.97 Å². The van der Waals surface area contributed by atoms with E-state index in [1.54, 1.807) is 0 Å². The van der Waals surface area contributed by atoms with Crippen LogP contribution in [0.25, 0.3) is 0 Å². The SMILES string of the molecule is CCNc1nc(C)nc(NC2CCOC2)c1C. The molecule has 0 aromatic carbocycles. The zero-order valence-corrected chi connectivity index (χ0v) is 10.7. The maximum atomic E-state index is 5.36. The number of nitrogens with one attached hydrogen (secondary N) is 2. The molecule has 1 aliphatic rings. The second kappa shape index (κ2) is 5.31. The summed E-state index contributed by atoms with van der Waals surface area (Å²) < 4.78 is 5.36. The normalized spacial score (nSPS) is 19.4. The zero-order valence-electron chi connectivity index (χ0n) is 10.7. The van der Waals surface area contributed by atoms with E-state index in [4.69, 9.17) is 4.74 Å². The monoisotopic (exact) mass is 236 g/mol. The van der Waals surface area contributed by atoms with Crippen LogP contribution in [-0.2, 0) is 4.74 Å². The highest BCUT2D eigenvalue weighted by atomic mass is 16.5. The quantitative estimate of drug-likeness (QED) is 0.833. The van der Waals surface area contributed by atoms with E-state index in [1.165, 1.54) is 0 Å². The lowest BCUT2D eigenvalue weighted by molar-refractivity contribution is 0.195. The van der Waals surface area contributed by atoms with Crippen LogP contribution in [0.3, 0.4) is 0 Å². The Kier molecular flexibility index (Phi) is 3.78. The summed E-state index contributed by atoms with van der Waals surface area (Å²) in [5.74, 6) is 2.62. The summed E-state index contributed by atoms with van der Waals surface area (Å²) in [6.45, 7) is 8.48. The van der Waals surface area contributed by atoms with Crippen LogP contribution in [0.1, 0.15) is 24.7 Å². The minimum atomic E-state index is 0.373. The highest BCUT2D eigenvalue weighted by Gasteiger charge is 2.18. The van der Waals surface area contributed by atoms with Crippen molar-refractivity contribution in [1.82, 2.24) is 9.97 Å². The number of aryl methyl sites for hydroxylation is 1. The van der Waals surface area contributed by atoms with E-state index in [9.17, 15) is 0 Å². The molecule has 0 radical (unpaired) electrons. The lowest BCUT2D eigenvalue weighted by Crippen LogP contribution is -2.21. The summed E-state index contributed by atoms with van der Waals surface area (Å²) >= 11 is 0. The number of nitrogens with zero attached hydrogens (tertiary/aromatic N) is 2. The molecule has 0 spiro atoms. The van der Waals surface area contributed by atoms with E-state index < -0.39 is 0 Å². The highest BCUT2D eigenvalue weighted by Crippen LogP contribution is 2.21. The Bertz CT molecular complexity index is 388. The Morgan fingerprint density at radius 2 is 2.06 bits per heavy atom. The Morgan fingerprint density at radius 1 is 1.29 bits per heavy atom. The first-order chi connectivity index (χ1) is 8.20. The maximum Gasteiger partial charge on any atom is 0.135 e. The molecule has 94 valence electrons. The van der Waals surface area contributed by atoms with Gasteiger partial charge in [0, 0.05) is 18.7 Å². The third kappa shape index (κ3) is 2.85. The number of rotatable bonds is 4. The minimum absolute atomic E-state index is 0.373. The fourth-order valence-corrected chi connectivity index (χ4v) is 1.95. The van der Waals surface area contributed by atoms with Gasteiger partial charge >= 0.3 is 0 Å². The van der Waals surface area contributed by atoms with Crippen molar-refractivity contribution < 1.29 is 4.74 Å². The van der Waals surface area contributed by atoms with Crippen molar-refractivity contribution in [3.63, 3.8) is 0 Å². The Labute approximate surface area is 102 Å². The molecule has 2 heterocycles. The summed E-state index contributed by atoms with van der Waals surface area (Å²) in [4.78, 5) is 8.87. The molecular formula is C12H20N4O. The van der Waals surface area contributed by atoms with Crippen molar-refractivity contribution in [3.8, 4) is 0 Å². The summed E-state index contributed by atoms with van der Waals surface area (Å²) in [5.41, 5.74) is 1.07. The van der Waals surface area contributed by atoms with Crippen molar-refractivity contribution in [3.05, 3.63) is 11.4 Å².